The van der Waals surface area contributed by atoms with Gasteiger partial charge in [0.1, 0.15) is 23.2 Å². The molecule has 1 aromatic heterocycles. The molecule has 0 radical (unpaired) electrons. The molecule has 0 aliphatic heterocycles. The van der Waals surface area contributed by atoms with Crippen LogP contribution in [0.2, 0.25) is 5.02 Å². The summed E-state index contributed by atoms with van der Waals surface area (Å²) in [6.45, 7) is 2.10. The Kier molecular flexibility index (Phi) is 10.3. The largest absolute Gasteiger partial charge is 0.495 e. The van der Waals surface area contributed by atoms with Crippen molar-refractivity contribution in [2.75, 3.05) is 7.11 Å². The fraction of sp³-hybridized carbons (Fsp3) is 0.258. The molecule has 5 rings (SSSR count). The molecule has 7 nitrogen and oxygen atoms in total. The van der Waals surface area contributed by atoms with Crippen LogP contribution in [0.15, 0.2) is 59.8 Å². The van der Waals surface area contributed by atoms with Crippen molar-refractivity contribution in [3.05, 3.63) is 105 Å². The Labute approximate surface area is 267 Å². The Bertz CT molecular complexity index is 1760. The first-order chi connectivity index (χ1) is 21.6. The molecule has 0 saturated heterocycles. The molecule has 0 saturated carbocycles. The summed E-state index contributed by atoms with van der Waals surface area (Å²) in [6, 6.07) is 13.2. The molecule has 1 heterocycles. The predicted molar refractivity (Wildman–Crippen MR) is 157 cm³/mol. The highest BCUT2D eigenvalue weighted by molar-refractivity contribution is 7.98. The zero-order valence-corrected chi connectivity index (χ0v) is 25.7. The first-order valence-electron chi connectivity index (χ1n) is 13.4. The Morgan fingerprint density at radius 1 is 1.04 bits per heavy atom. The SMILES string of the molecule is COc1cc(C2(C)CCCc3nc(SCc4c(F)cc(C(=O)O)cc4F)n(-c4ccc(F)cc4)c32)ccc1Cl.O=C(O)C(F)(F)F. The van der Waals surface area contributed by atoms with Gasteiger partial charge < -0.3 is 14.9 Å². The molecule has 0 spiro atoms. The number of benzene rings is 3. The molecular formula is C31H25ClF6N2O5S. The number of alkyl halides is 3. The van der Waals surface area contributed by atoms with Gasteiger partial charge in [-0.3, -0.25) is 4.57 Å². The number of methoxy groups -OCH3 is 1. The van der Waals surface area contributed by atoms with Crippen molar-refractivity contribution >= 4 is 35.3 Å². The van der Waals surface area contributed by atoms with Crippen LogP contribution in [0.1, 0.15) is 52.6 Å². The van der Waals surface area contributed by atoms with Crippen molar-refractivity contribution in [1.29, 1.82) is 0 Å². The predicted octanol–water partition coefficient (Wildman–Crippen LogP) is 8.22. The van der Waals surface area contributed by atoms with Crippen molar-refractivity contribution < 1.29 is 50.9 Å². The number of fused-ring (bicyclic) bond motifs is 1. The van der Waals surface area contributed by atoms with Gasteiger partial charge in [0.15, 0.2) is 5.16 Å². The summed E-state index contributed by atoms with van der Waals surface area (Å²) in [7, 11) is 1.55. The summed E-state index contributed by atoms with van der Waals surface area (Å²) in [5.41, 5.74) is 2.12. The Hall–Kier alpha value is -4.17. The van der Waals surface area contributed by atoms with Crippen molar-refractivity contribution in [2.45, 2.75) is 48.7 Å². The topological polar surface area (TPSA) is 102 Å². The van der Waals surface area contributed by atoms with Gasteiger partial charge in [0.25, 0.3) is 0 Å². The summed E-state index contributed by atoms with van der Waals surface area (Å²) >= 11 is 7.43. The van der Waals surface area contributed by atoms with Crippen LogP contribution in [0.3, 0.4) is 0 Å². The van der Waals surface area contributed by atoms with Gasteiger partial charge in [-0.05, 0) is 80.3 Å². The van der Waals surface area contributed by atoms with Gasteiger partial charge in [-0.15, -0.1) is 0 Å². The second-order valence-electron chi connectivity index (χ2n) is 10.4. The number of carbonyl (C=O) groups is 2. The highest BCUT2D eigenvalue weighted by Crippen LogP contribution is 2.47. The normalized spacial score (nSPS) is 15.8. The molecule has 15 heteroatoms. The number of hydrogen-bond donors (Lipinski definition) is 2. The molecule has 1 unspecified atom stereocenters. The van der Waals surface area contributed by atoms with E-state index in [1.54, 1.807) is 25.3 Å². The number of halogens is 7. The number of carboxylic acids is 2. The molecule has 2 N–H and O–H groups in total. The number of hydrogen-bond acceptors (Lipinski definition) is 5. The maximum atomic E-state index is 14.7. The summed E-state index contributed by atoms with van der Waals surface area (Å²) in [5, 5.41) is 17.2. The van der Waals surface area contributed by atoms with Crippen LogP contribution in [-0.2, 0) is 22.4 Å². The molecule has 1 atom stereocenters. The van der Waals surface area contributed by atoms with Gasteiger partial charge in [-0.2, -0.15) is 13.2 Å². The van der Waals surface area contributed by atoms with Crippen LogP contribution in [0.4, 0.5) is 26.3 Å². The number of aryl methyl sites for hydroxylation is 1. The smallest absolute Gasteiger partial charge is 0.490 e. The maximum absolute atomic E-state index is 14.7. The van der Waals surface area contributed by atoms with Gasteiger partial charge >= 0.3 is 18.1 Å². The summed E-state index contributed by atoms with van der Waals surface area (Å²) < 4.78 is 82.4. The molecule has 1 aliphatic rings. The zero-order valence-electron chi connectivity index (χ0n) is 24.1. The maximum Gasteiger partial charge on any atom is 0.490 e. The van der Waals surface area contributed by atoms with Gasteiger partial charge in [-0.25, -0.2) is 27.7 Å². The monoisotopic (exact) mass is 686 g/mol. The minimum Gasteiger partial charge on any atom is -0.495 e. The third-order valence-corrected chi connectivity index (χ3v) is 8.66. The van der Waals surface area contributed by atoms with Gasteiger partial charge in [0.05, 0.1) is 29.1 Å². The molecule has 0 bridgehead atoms. The average Bonchev–Trinajstić information content (AvgIpc) is 3.37. The van der Waals surface area contributed by atoms with Crippen LogP contribution in [0, 0.1) is 17.5 Å². The summed E-state index contributed by atoms with van der Waals surface area (Å²) in [6.07, 6.45) is -2.73. The molecule has 1 aliphatic carbocycles. The minimum atomic E-state index is -5.08. The standard InChI is InChI=1S/C29H24ClF3N2O3S.C2HF3O2/c1-29(17-5-10-21(30)25(14-17)38-2)11-3-4-24-26(29)35(19-8-6-18(31)7-9-19)28(34-24)39-15-20-22(32)12-16(27(36)37)13-23(20)33;3-2(4,5)1(6)7/h5-10,12-14H,3-4,11,15H2,1-2H3,(H,36,37);(H,6,7). The number of ether oxygens (including phenoxy) is 1. The number of nitrogens with zero attached hydrogens (tertiary/aromatic N) is 2. The van der Waals surface area contributed by atoms with Crippen LogP contribution in [-0.4, -0.2) is 45.0 Å². The zero-order chi connectivity index (χ0) is 34.0. The van der Waals surface area contributed by atoms with E-state index in [-0.39, 0.29) is 11.3 Å². The second kappa shape index (κ2) is 13.7. The van der Waals surface area contributed by atoms with E-state index >= 15 is 0 Å². The van der Waals surface area contributed by atoms with E-state index in [1.807, 2.05) is 16.7 Å². The Morgan fingerprint density at radius 2 is 1.65 bits per heavy atom. The lowest BCUT2D eigenvalue weighted by molar-refractivity contribution is -0.192. The van der Waals surface area contributed by atoms with Crippen molar-refractivity contribution in [3.8, 4) is 11.4 Å². The second-order valence-corrected chi connectivity index (χ2v) is 11.7. The van der Waals surface area contributed by atoms with E-state index in [9.17, 15) is 31.1 Å². The number of thioether (sulfide) groups is 1. The third kappa shape index (κ3) is 7.28. The minimum absolute atomic E-state index is 0.125. The quantitative estimate of drug-likeness (QED) is 0.149. The first-order valence-corrected chi connectivity index (χ1v) is 14.8. The first kappa shape index (κ1) is 34.7. The van der Waals surface area contributed by atoms with E-state index in [0.717, 1.165) is 53.7 Å². The van der Waals surface area contributed by atoms with Crippen LogP contribution < -0.4 is 4.74 Å². The van der Waals surface area contributed by atoms with Crippen LogP contribution in [0.5, 0.6) is 5.75 Å². The Morgan fingerprint density at radius 3 is 2.20 bits per heavy atom. The number of aliphatic carboxylic acids is 1. The van der Waals surface area contributed by atoms with Crippen LogP contribution in [0.25, 0.3) is 5.69 Å². The van der Waals surface area contributed by atoms with E-state index in [2.05, 4.69) is 6.92 Å². The number of imidazole rings is 1. The van der Waals surface area contributed by atoms with Gasteiger partial charge in [-0.1, -0.05) is 29.4 Å². The van der Waals surface area contributed by atoms with E-state index in [1.165, 1.54) is 12.1 Å². The highest BCUT2D eigenvalue weighted by Gasteiger charge is 2.40. The molecule has 46 heavy (non-hydrogen) atoms. The highest BCUT2D eigenvalue weighted by atomic mass is 35.5. The molecule has 0 fully saturated rings. The molecule has 4 aromatic rings. The van der Waals surface area contributed by atoms with Crippen molar-refractivity contribution in [2.24, 2.45) is 0 Å². The molecule has 3 aromatic carbocycles. The average molecular weight is 687 g/mol. The summed E-state index contributed by atoms with van der Waals surface area (Å²) in [5.74, 6) is -6.03. The summed E-state index contributed by atoms with van der Waals surface area (Å²) in [4.78, 5) is 25.0. The fourth-order valence-electron chi connectivity index (χ4n) is 5.12. The van der Waals surface area contributed by atoms with Gasteiger partial charge in [0, 0.05) is 22.4 Å². The van der Waals surface area contributed by atoms with Gasteiger partial charge in [0.2, 0.25) is 0 Å². The lowest BCUT2D eigenvalue weighted by Gasteiger charge is -2.36. The van der Waals surface area contributed by atoms with Crippen molar-refractivity contribution in [1.82, 2.24) is 9.55 Å². The number of carboxylic acid groups (broad SMARTS) is 2. The van der Waals surface area contributed by atoms with Crippen molar-refractivity contribution in [3.63, 3.8) is 0 Å². The number of rotatable bonds is 7. The molecular weight excluding hydrogens is 662 g/mol. The Balaban J connectivity index is 0.000000617. The van der Waals surface area contributed by atoms with E-state index in [0.29, 0.717) is 28.0 Å². The third-order valence-electron chi connectivity index (χ3n) is 7.38. The molecule has 0 amide bonds. The fourth-order valence-corrected chi connectivity index (χ4v) is 6.37. The van der Waals surface area contributed by atoms with E-state index in [4.69, 9.17) is 36.3 Å². The van der Waals surface area contributed by atoms with Crippen LogP contribution >= 0.6 is 23.4 Å². The number of aromatic nitrogens is 2. The van der Waals surface area contributed by atoms with E-state index < -0.39 is 46.5 Å². The molecule has 244 valence electrons. The lowest BCUT2D eigenvalue weighted by atomic mass is 9.71. The number of aromatic carboxylic acids is 1. The lowest BCUT2D eigenvalue weighted by Crippen LogP contribution is -2.31.